The van der Waals surface area contributed by atoms with Crippen molar-refractivity contribution in [2.75, 3.05) is 11.6 Å². The average molecular weight is 449 g/mol. The number of benzene rings is 3. The first-order valence-corrected chi connectivity index (χ1v) is 12.4. The molecular weight excluding hydrogens is 428 g/mol. The zero-order valence-corrected chi connectivity index (χ0v) is 18.4. The van der Waals surface area contributed by atoms with Gasteiger partial charge < -0.3 is 5.32 Å². The van der Waals surface area contributed by atoms with Gasteiger partial charge in [0.15, 0.2) is 15.0 Å². The SMILES string of the molecule is CS(=O)(=O)c1ccc(CC(=O)Nc2nc(-c3ccc(-c4ccccc4)cc3)cs2)cc1. The van der Waals surface area contributed by atoms with Crippen molar-refractivity contribution in [3.63, 3.8) is 0 Å². The number of sulfone groups is 1. The average Bonchev–Trinajstić information content (AvgIpc) is 3.22. The summed E-state index contributed by atoms with van der Waals surface area (Å²) in [5, 5.41) is 5.25. The van der Waals surface area contributed by atoms with Crippen LogP contribution in [0.5, 0.6) is 0 Å². The number of aromatic nitrogens is 1. The van der Waals surface area contributed by atoms with Crippen molar-refractivity contribution >= 4 is 32.2 Å². The van der Waals surface area contributed by atoms with Crippen LogP contribution in [0.4, 0.5) is 5.13 Å². The molecule has 0 aliphatic carbocycles. The van der Waals surface area contributed by atoms with Gasteiger partial charge in [0.25, 0.3) is 0 Å². The Kier molecular flexibility index (Phi) is 5.97. The Morgan fingerprint density at radius 2 is 1.48 bits per heavy atom. The summed E-state index contributed by atoms with van der Waals surface area (Å²) in [4.78, 5) is 17.1. The van der Waals surface area contributed by atoms with E-state index in [4.69, 9.17) is 0 Å². The standard InChI is InChI=1S/C24H20N2O3S2/c1-31(28,29)21-13-7-17(8-14-21)15-23(27)26-24-25-22(16-30-24)20-11-9-19(10-12-20)18-5-3-2-4-6-18/h2-14,16H,15H2,1H3,(H,25,26,27). The molecule has 1 N–H and O–H groups in total. The monoisotopic (exact) mass is 448 g/mol. The highest BCUT2D eigenvalue weighted by atomic mass is 32.2. The van der Waals surface area contributed by atoms with Gasteiger partial charge in [-0.2, -0.15) is 0 Å². The maximum absolute atomic E-state index is 12.3. The Labute approximate surface area is 185 Å². The van der Waals surface area contributed by atoms with Gasteiger partial charge in [0.05, 0.1) is 17.0 Å². The van der Waals surface area contributed by atoms with Gasteiger partial charge in [0.1, 0.15) is 0 Å². The summed E-state index contributed by atoms with van der Waals surface area (Å²) in [6, 6.07) is 24.6. The van der Waals surface area contributed by atoms with E-state index in [1.54, 1.807) is 12.1 Å². The quantitative estimate of drug-likeness (QED) is 0.447. The third-order valence-electron chi connectivity index (χ3n) is 4.75. The normalized spacial score (nSPS) is 11.3. The van der Waals surface area contributed by atoms with Crippen LogP contribution in [0.1, 0.15) is 5.56 Å². The van der Waals surface area contributed by atoms with E-state index in [0.29, 0.717) is 5.13 Å². The predicted octanol–water partition coefficient (Wildman–Crippen LogP) is 5.06. The highest BCUT2D eigenvalue weighted by molar-refractivity contribution is 7.90. The number of carbonyl (C=O) groups excluding carboxylic acids is 1. The summed E-state index contributed by atoms with van der Waals surface area (Å²) in [7, 11) is -3.25. The number of rotatable bonds is 6. The molecule has 1 amide bonds. The molecule has 0 saturated heterocycles. The molecule has 1 heterocycles. The minimum atomic E-state index is -3.25. The van der Waals surface area contributed by atoms with Crippen LogP contribution in [-0.4, -0.2) is 25.6 Å². The number of nitrogens with one attached hydrogen (secondary N) is 1. The molecule has 7 heteroatoms. The molecule has 156 valence electrons. The van der Waals surface area contributed by atoms with Crippen molar-refractivity contribution in [2.45, 2.75) is 11.3 Å². The molecule has 0 bridgehead atoms. The van der Waals surface area contributed by atoms with Crippen molar-refractivity contribution in [2.24, 2.45) is 0 Å². The van der Waals surface area contributed by atoms with Gasteiger partial charge in [-0.3, -0.25) is 4.79 Å². The molecule has 0 fully saturated rings. The molecule has 0 spiro atoms. The number of anilines is 1. The number of thiazole rings is 1. The fourth-order valence-electron chi connectivity index (χ4n) is 3.13. The fourth-order valence-corrected chi connectivity index (χ4v) is 4.50. The van der Waals surface area contributed by atoms with Crippen LogP contribution in [0, 0.1) is 0 Å². The van der Waals surface area contributed by atoms with Crippen LogP contribution in [0.2, 0.25) is 0 Å². The van der Waals surface area contributed by atoms with E-state index in [1.807, 2.05) is 35.7 Å². The molecule has 0 radical (unpaired) electrons. The van der Waals surface area contributed by atoms with E-state index in [-0.39, 0.29) is 17.2 Å². The lowest BCUT2D eigenvalue weighted by Gasteiger charge is -2.04. The Morgan fingerprint density at radius 3 is 2.13 bits per heavy atom. The lowest BCUT2D eigenvalue weighted by Crippen LogP contribution is -2.14. The van der Waals surface area contributed by atoms with Crippen LogP contribution in [0.15, 0.2) is 89.1 Å². The van der Waals surface area contributed by atoms with E-state index in [9.17, 15) is 13.2 Å². The topological polar surface area (TPSA) is 76.1 Å². The van der Waals surface area contributed by atoms with E-state index >= 15 is 0 Å². The van der Waals surface area contributed by atoms with Crippen molar-refractivity contribution in [3.05, 3.63) is 89.8 Å². The second-order valence-electron chi connectivity index (χ2n) is 7.12. The van der Waals surface area contributed by atoms with Crippen molar-refractivity contribution in [3.8, 4) is 22.4 Å². The van der Waals surface area contributed by atoms with Crippen molar-refractivity contribution < 1.29 is 13.2 Å². The van der Waals surface area contributed by atoms with Gasteiger partial charge in [-0.05, 0) is 28.8 Å². The summed E-state index contributed by atoms with van der Waals surface area (Å²) in [5.74, 6) is -0.201. The van der Waals surface area contributed by atoms with Gasteiger partial charge in [0, 0.05) is 17.2 Å². The van der Waals surface area contributed by atoms with E-state index in [0.717, 1.165) is 34.2 Å². The second-order valence-corrected chi connectivity index (χ2v) is 10.00. The Hall–Kier alpha value is -3.29. The molecule has 1 aromatic heterocycles. The highest BCUT2D eigenvalue weighted by Crippen LogP contribution is 2.27. The zero-order valence-electron chi connectivity index (χ0n) is 16.8. The van der Waals surface area contributed by atoms with Gasteiger partial charge in [-0.25, -0.2) is 13.4 Å². The van der Waals surface area contributed by atoms with Crippen LogP contribution in [0.3, 0.4) is 0 Å². The van der Waals surface area contributed by atoms with Gasteiger partial charge >= 0.3 is 0 Å². The first-order valence-electron chi connectivity index (χ1n) is 9.59. The van der Waals surface area contributed by atoms with Crippen LogP contribution < -0.4 is 5.32 Å². The summed E-state index contributed by atoms with van der Waals surface area (Å²) in [6.07, 6.45) is 1.30. The molecule has 3 aromatic carbocycles. The summed E-state index contributed by atoms with van der Waals surface area (Å²) < 4.78 is 23.1. The minimum absolute atomic E-state index is 0.144. The third-order valence-corrected chi connectivity index (χ3v) is 6.64. The van der Waals surface area contributed by atoms with Gasteiger partial charge in [-0.15, -0.1) is 11.3 Å². The van der Waals surface area contributed by atoms with Crippen LogP contribution >= 0.6 is 11.3 Å². The molecule has 0 saturated carbocycles. The first kappa shape index (κ1) is 21.0. The van der Waals surface area contributed by atoms with E-state index < -0.39 is 9.84 Å². The third kappa shape index (κ3) is 5.25. The maximum Gasteiger partial charge on any atom is 0.230 e. The molecule has 0 aliphatic rings. The Bertz CT molecular complexity index is 1300. The lowest BCUT2D eigenvalue weighted by atomic mass is 10.0. The predicted molar refractivity (Wildman–Crippen MR) is 125 cm³/mol. The molecule has 0 atom stereocenters. The van der Waals surface area contributed by atoms with Crippen molar-refractivity contribution in [1.82, 2.24) is 4.98 Å². The molecule has 0 unspecified atom stereocenters. The number of hydrogen-bond donors (Lipinski definition) is 1. The Morgan fingerprint density at radius 1 is 0.871 bits per heavy atom. The largest absolute Gasteiger partial charge is 0.302 e. The van der Waals surface area contributed by atoms with Crippen LogP contribution in [0.25, 0.3) is 22.4 Å². The van der Waals surface area contributed by atoms with Crippen LogP contribution in [-0.2, 0) is 21.1 Å². The van der Waals surface area contributed by atoms with Gasteiger partial charge in [0.2, 0.25) is 5.91 Å². The first-order chi connectivity index (χ1) is 14.9. The number of amides is 1. The van der Waals surface area contributed by atoms with E-state index in [1.165, 1.54) is 23.5 Å². The number of hydrogen-bond acceptors (Lipinski definition) is 5. The second kappa shape index (κ2) is 8.83. The molecule has 31 heavy (non-hydrogen) atoms. The number of carbonyl (C=O) groups is 1. The smallest absolute Gasteiger partial charge is 0.230 e. The Balaban J connectivity index is 1.40. The molecule has 5 nitrogen and oxygen atoms in total. The molecular formula is C24H20N2O3S2. The van der Waals surface area contributed by atoms with E-state index in [2.05, 4.69) is 34.6 Å². The fraction of sp³-hybridized carbons (Fsp3) is 0.0833. The van der Waals surface area contributed by atoms with Gasteiger partial charge in [-0.1, -0.05) is 66.7 Å². The molecule has 4 aromatic rings. The molecule has 0 aliphatic heterocycles. The minimum Gasteiger partial charge on any atom is -0.302 e. The highest BCUT2D eigenvalue weighted by Gasteiger charge is 2.11. The lowest BCUT2D eigenvalue weighted by molar-refractivity contribution is -0.115. The summed E-state index contributed by atoms with van der Waals surface area (Å²) in [6.45, 7) is 0. The summed E-state index contributed by atoms with van der Waals surface area (Å²) >= 11 is 1.37. The zero-order chi connectivity index (χ0) is 21.8. The number of nitrogens with zero attached hydrogens (tertiary/aromatic N) is 1. The summed E-state index contributed by atoms with van der Waals surface area (Å²) in [5.41, 5.74) is 4.81. The maximum atomic E-state index is 12.3. The molecule has 4 rings (SSSR count). The van der Waals surface area contributed by atoms with Crippen molar-refractivity contribution in [1.29, 1.82) is 0 Å².